The summed E-state index contributed by atoms with van der Waals surface area (Å²) in [7, 11) is -3.58. The highest BCUT2D eigenvalue weighted by Crippen LogP contribution is 2.26. The Balaban J connectivity index is 1.89. The van der Waals surface area contributed by atoms with Gasteiger partial charge in [-0.25, -0.2) is 8.42 Å². The molecule has 0 spiro atoms. The van der Waals surface area contributed by atoms with Crippen LogP contribution in [0, 0.1) is 19.8 Å². The molecule has 0 saturated heterocycles. The van der Waals surface area contributed by atoms with Crippen LogP contribution in [0.2, 0.25) is 5.02 Å². The molecule has 7 nitrogen and oxygen atoms in total. The molecule has 2 amide bonds. The Kier molecular flexibility index (Phi) is 12.0. The molecule has 0 aromatic heterocycles. The van der Waals surface area contributed by atoms with E-state index in [2.05, 4.69) is 5.32 Å². The Hall–Kier alpha value is -3.36. The quantitative estimate of drug-likeness (QED) is 0.245. The van der Waals surface area contributed by atoms with Crippen LogP contribution in [0.5, 0.6) is 0 Å². The van der Waals surface area contributed by atoms with Crippen molar-refractivity contribution in [3.63, 3.8) is 0 Å². The van der Waals surface area contributed by atoms with E-state index in [1.807, 2.05) is 82.3 Å². The first-order chi connectivity index (χ1) is 19.9. The molecule has 0 aliphatic carbocycles. The summed E-state index contributed by atoms with van der Waals surface area (Å²) in [5, 5.41) is 3.60. The largest absolute Gasteiger partial charge is 0.354 e. The van der Waals surface area contributed by atoms with Gasteiger partial charge in [0.2, 0.25) is 21.8 Å². The number of aryl methyl sites for hydroxylation is 1. The van der Waals surface area contributed by atoms with E-state index in [4.69, 9.17) is 11.6 Å². The second-order valence-corrected chi connectivity index (χ2v) is 13.5. The van der Waals surface area contributed by atoms with Crippen LogP contribution in [0.25, 0.3) is 0 Å². The van der Waals surface area contributed by atoms with Crippen LogP contribution in [0.3, 0.4) is 0 Å². The average molecular weight is 612 g/mol. The van der Waals surface area contributed by atoms with Crippen molar-refractivity contribution in [3.8, 4) is 0 Å². The van der Waals surface area contributed by atoms with Crippen LogP contribution in [0.1, 0.15) is 48.9 Å². The summed E-state index contributed by atoms with van der Waals surface area (Å²) in [6.45, 7) is 8.73. The summed E-state index contributed by atoms with van der Waals surface area (Å²) in [4.78, 5) is 29.1. The van der Waals surface area contributed by atoms with Crippen molar-refractivity contribution < 1.29 is 18.0 Å². The van der Waals surface area contributed by atoms with E-state index in [1.54, 1.807) is 23.1 Å². The third-order valence-electron chi connectivity index (χ3n) is 7.22. The van der Waals surface area contributed by atoms with Crippen LogP contribution in [-0.2, 0) is 32.6 Å². The number of anilines is 1. The van der Waals surface area contributed by atoms with E-state index < -0.39 is 16.1 Å². The molecule has 0 aliphatic heterocycles. The van der Waals surface area contributed by atoms with E-state index in [0.29, 0.717) is 30.1 Å². The molecule has 0 bridgehead atoms. The lowest BCUT2D eigenvalue weighted by molar-refractivity contribution is -0.141. The predicted octanol–water partition coefficient (Wildman–Crippen LogP) is 5.92. The molecule has 42 heavy (non-hydrogen) atoms. The lowest BCUT2D eigenvalue weighted by Crippen LogP contribution is -2.51. The molecule has 1 atom stereocenters. The first-order valence-corrected chi connectivity index (χ1v) is 16.5. The Bertz CT molecular complexity index is 1440. The Labute approximate surface area is 255 Å². The van der Waals surface area contributed by atoms with Crippen molar-refractivity contribution in [2.24, 2.45) is 5.92 Å². The van der Waals surface area contributed by atoms with Gasteiger partial charge in [-0.2, -0.15) is 0 Å². The van der Waals surface area contributed by atoms with Gasteiger partial charge < -0.3 is 10.2 Å². The molecule has 0 unspecified atom stereocenters. The first-order valence-electron chi connectivity index (χ1n) is 14.3. The Morgan fingerprint density at radius 3 is 2.19 bits per heavy atom. The predicted molar refractivity (Wildman–Crippen MR) is 171 cm³/mol. The van der Waals surface area contributed by atoms with Crippen LogP contribution in [-0.4, -0.2) is 50.5 Å². The van der Waals surface area contributed by atoms with E-state index in [1.165, 1.54) is 10.6 Å². The fourth-order valence-electron chi connectivity index (χ4n) is 4.75. The number of rotatable bonds is 14. The maximum atomic E-state index is 13.9. The van der Waals surface area contributed by atoms with E-state index >= 15 is 0 Å². The number of amides is 2. The molecule has 3 aromatic rings. The van der Waals surface area contributed by atoms with Crippen LogP contribution < -0.4 is 9.62 Å². The minimum atomic E-state index is -3.58. The molecule has 226 valence electrons. The van der Waals surface area contributed by atoms with Crippen molar-refractivity contribution >= 4 is 39.1 Å². The second kappa shape index (κ2) is 15.2. The van der Waals surface area contributed by atoms with Gasteiger partial charge in [0.25, 0.3) is 0 Å². The minimum Gasteiger partial charge on any atom is -0.354 e. The lowest BCUT2D eigenvalue weighted by atomic mass is 10.0. The van der Waals surface area contributed by atoms with Crippen molar-refractivity contribution in [1.29, 1.82) is 0 Å². The number of benzene rings is 3. The van der Waals surface area contributed by atoms with E-state index in [0.717, 1.165) is 22.3 Å². The zero-order valence-electron chi connectivity index (χ0n) is 25.1. The number of carbonyl (C=O) groups is 2. The van der Waals surface area contributed by atoms with Crippen molar-refractivity contribution in [1.82, 2.24) is 10.2 Å². The average Bonchev–Trinajstić information content (AvgIpc) is 2.94. The maximum absolute atomic E-state index is 13.9. The van der Waals surface area contributed by atoms with Crippen molar-refractivity contribution in [3.05, 3.63) is 100 Å². The first kappa shape index (κ1) is 33.1. The summed E-state index contributed by atoms with van der Waals surface area (Å²) in [5.41, 5.74) is 4.26. The van der Waals surface area contributed by atoms with Gasteiger partial charge >= 0.3 is 0 Å². The zero-order valence-corrected chi connectivity index (χ0v) is 26.7. The molecule has 3 rings (SSSR count). The number of halogens is 1. The van der Waals surface area contributed by atoms with E-state index in [9.17, 15) is 18.0 Å². The Morgan fingerprint density at radius 2 is 1.57 bits per heavy atom. The van der Waals surface area contributed by atoms with Crippen LogP contribution >= 0.6 is 11.6 Å². The van der Waals surface area contributed by atoms with Crippen LogP contribution in [0.15, 0.2) is 72.8 Å². The number of nitrogens with zero attached hydrogens (tertiary/aromatic N) is 2. The molecule has 9 heteroatoms. The lowest BCUT2D eigenvalue weighted by Gasteiger charge is -2.32. The molecule has 3 aromatic carbocycles. The SMILES string of the molecule is Cc1cccc(N(CCCC(=O)N(Cc2ccc(Cl)cc2)[C@H](Cc2ccccc2)C(=O)NCC(C)C)S(C)(=O)=O)c1C. The molecule has 0 saturated carbocycles. The summed E-state index contributed by atoms with van der Waals surface area (Å²) >= 11 is 6.11. The molecule has 1 N–H and O–H groups in total. The van der Waals surface area contributed by atoms with Gasteiger partial charge in [0.15, 0.2) is 0 Å². The summed E-state index contributed by atoms with van der Waals surface area (Å²) < 4.78 is 26.9. The van der Waals surface area contributed by atoms with Gasteiger partial charge in [0.05, 0.1) is 11.9 Å². The Morgan fingerprint density at radius 1 is 0.905 bits per heavy atom. The summed E-state index contributed by atoms with van der Waals surface area (Å²) in [6, 6.07) is 21.7. The molecular weight excluding hydrogens is 570 g/mol. The van der Waals surface area contributed by atoms with Gasteiger partial charge in [-0.3, -0.25) is 13.9 Å². The smallest absolute Gasteiger partial charge is 0.243 e. The maximum Gasteiger partial charge on any atom is 0.243 e. The number of carbonyl (C=O) groups excluding carboxylic acids is 2. The van der Waals surface area contributed by atoms with Gasteiger partial charge in [-0.1, -0.05) is 80.0 Å². The molecule has 0 aliphatic rings. The summed E-state index contributed by atoms with van der Waals surface area (Å²) in [5.74, 6) is -0.193. The zero-order chi connectivity index (χ0) is 30.9. The third-order valence-corrected chi connectivity index (χ3v) is 8.65. The van der Waals surface area contributed by atoms with Crippen molar-refractivity contribution in [2.45, 2.75) is 59.5 Å². The molecule has 0 radical (unpaired) electrons. The number of hydrogen-bond donors (Lipinski definition) is 1. The highest BCUT2D eigenvalue weighted by atomic mass is 35.5. The topological polar surface area (TPSA) is 86.8 Å². The third kappa shape index (κ3) is 9.60. The van der Waals surface area contributed by atoms with Crippen LogP contribution in [0.4, 0.5) is 5.69 Å². The highest BCUT2D eigenvalue weighted by Gasteiger charge is 2.30. The standard InChI is InChI=1S/C33H42ClN3O4S/c1-24(2)22-35-33(39)31(21-27-12-7-6-8-13-27)36(23-28-16-18-29(34)19-17-28)32(38)15-10-20-37(42(5,40)41)30-14-9-11-25(3)26(30)4/h6-9,11-14,16-19,24,31H,10,15,20-23H2,1-5H3,(H,35,39)/t31-/m1/s1. The summed E-state index contributed by atoms with van der Waals surface area (Å²) in [6.07, 6.45) is 1.90. The minimum absolute atomic E-state index is 0.0766. The van der Waals surface area contributed by atoms with Crippen molar-refractivity contribution in [2.75, 3.05) is 23.7 Å². The van der Waals surface area contributed by atoms with Gasteiger partial charge in [0, 0.05) is 37.5 Å². The fraction of sp³-hybridized carbons (Fsp3) is 0.394. The molecule has 0 heterocycles. The monoisotopic (exact) mass is 611 g/mol. The normalized spacial score (nSPS) is 12.2. The van der Waals surface area contributed by atoms with Gasteiger partial charge in [0.1, 0.15) is 6.04 Å². The molecule has 0 fully saturated rings. The number of hydrogen-bond acceptors (Lipinski definition) is 4. The molecular formula is C33H42ClN3O4S. The van der Waals surface area contributed by atoms with Gasteiger partial charge in [-0.05, 0) is 66.6 Å². The fourth-order valence-corrected chi connectivity index (χ4v) is 5.89. The number of nitrogens with one attached hydrogen (secondary N) is 1. The number of sulfonamides is 1. The second-order valence-electron chi connectivity index (χ2n) is 11.2. The van der Waals surface area contributed by atoms with E-state index in [-0.39, 0.29) is 37.2 Å². The highest BCUT2D eigenvalue weighted by molar-refractivity contribution is 7.92. The van der Waals surface area contributed by atoms with Gasteiger partial charge in [-0.15, -0.1) is 0 Å².